The number of carbonyl (C=O) groups excluding carboxylic acids is 1. The monoisotopic (exact) mass is 650 g/mol. The second-order valence-corrected chi connectivity index (χ2v) is 12.1. The van der Waals surface area contributed by atoms with Gasteiger partial charge in [-0.2, -0.15) is 0 Å². The first-order valence-corrected chi connectivity index (χ1v) is 16.6. The van der Waals surface area contributed by atoms with Crippen LogP contribution in [0.4, 0.5) is 34.1 Å². The minimum atomic E-state index is -0.377. The van der Waals surface area contributed by atoms with Crippen molar-refractivity contribution in [3.05, 3.63) is 204 Å². The van der Waals surface area contributed by atoms with Crippen molar-refractivity contribution in [2.45, 2.75) is 5.92 Å². The van der Waals surface area contributed by atoms with Crippen LogP contribution in [0, 0.1) is 0 Å². The minimum Gasteiger partial charge on any atom is -0.465 e. The highest BCUT2D eigenvalue weighted by molar-refractivity contribution is 5.92. The molecule has 5 heteroatoms. The molecule has 1 atom stereocenters. The zero-order valence-corrected chi connectivity index (χ0v) is 27.5. The maximum Gasteiger partial charge on any atom is 0.338 e. The lowest BCUT2D eigenvalue weighted by atomic mass is 9.80. The topological polar surface area (TPSA) is 42.0 Å². The van der Waals surface area contributed by atoms with Crippen LogP contribution in [-0.4, -0.2) is 13.1 Å². The van der Waals surface area contributed by atoms with Crippen molar-refractivity contribution in [3.63, 3.8) is 0 Å². The lowest BCUT2D eigenvalue weighted by Crippen LogP contribution is -2.18. The molecule has 242 valence electrons. The number of hydrogen-bond acceptors (Lipinski definition) is 5. The SMILES string of the molecule is COC(=O)c1ccccc1C1c2ccc(N(c3ccccc3)c3ccccc3)cc2Oc2ccc(N(c3ccccc3)c3ccccc3)cc21. The summed E-state index contributed by atoms with van der Waals surface area (Å²) in [5.74, 6) is 0.771. The van der Waals surface area contributed by atoms with E-state index in [1.165, 1.54) is 7.11 Å². The van der Waals surface area contributed by atoms with Crippen molar-refractivity contribution in [2.75, 3.05) is 16.9 Å². The summed E-state index contributed by atoms with van der Waals surface area (Å²) in [7, 11) is 1.43. The van der Waals surface area contributed by atoms with Gasteiger partial charge in [0.15, 0.2) is 0 Å². The molecule has 0 aliphatic carbocycles. The number of para-hydroxylation sites is 4. The molecule has 0 aromatic heterocycles. The van der Waals surface area contributed by atoms with Crippen molar-refractivity contribution < 1.29 is 14.3 Å². The molecule has 0 saturated heterocycles. The van der Waals surface area contributed by atoms with Gasteiger partial charge in [-0.05, 0) is 84.4 Å². The van der Waals surface area contributed by atoms with Crippen molar-refractivity contribution in [1.29, 1.82) is 0 Å². The first-order valence-electron chi connectivity index (χ1n) is 16.6. The summed E-state index contributed by atoms with van der Waals surface area (Å²) >= 11 is 0. The van der Waals surface area contributed by atoms with E-state index >= 15 is 0 Å². The smallest absolute Gasteiger partial charge is 0.338 e. The van der Waals surface area contributed by atoms with E-state index in [9.17, 15) is 4.79 Å². The van der Waals surface area contributed by atoms with Crippen LogP contribution >= 0.6 is 0 Å². The fraction of sp³-hybridized carbons (Fsp3) is 0.0444. The highest BCUT2D eigenvalue weighted by Gasteiger charge is 2.33. The molecule has 8 rings (SSSR count). The standard InChI is InChI=1S/C45H34N2O3/c1-49-45(48)39-25-15-14-24-38(39)44-40-28-26-37(47(34-20-10-4-11-21-34)35-22-12-5-13-23-35)31-43(40)50-42-29-27-36(30-41(42)44)46(32-16-6-2-7-17-32)33-18-8-3-9-19-33/h2-31,44H,1H3. The highest BCUT2D eigenvalue weighted by atomic mass is 16.5. The van der Waals surface area contributed by atoms with E-state index in [0.29, 0.717) is 5.56 Å². The Morgan fingerprint density at radius 2 is 0.920 bits per heavy atom. The molecule has 1 heterocycles. The van der Waals surface area contributed by atoms with E-state index in [1.807, 2.05) is 103 Å². The Bertz CT molecular complexity index is 2180. The summed E-state index contributed by atoms with van der Waals surface area (Å²) in [6.45, 7) is 0. The third kappa shape index (κ3) is 5.75. The number of hydrogen-bond donors (Lipinski definition) is 0. The molecule has 0 fully saturated rings. The van der Waals surface area contributed by atoms with E-state index in [1.54, 1.807) is 0 Å². The van der Waals surface area contributed by atoms with Crippen molar-refractivity contribution >= 4 is 40.1 Å². The largest absolute Gasteiger partial charge is 0.465 e. The number of esters is 1. The van der Waals surface area contributed by atoms with Crippen molar-refractivity contribution in [1.82, 2.24) is 0 Å². The molecule has 0 spiro atoms. The second kappa shape index (κ2) is 13.5. The lowest BCUT2D eigenvalue weighted by molar-refractivity contribution is 0.0599. The number of benzene rings is 7. The number of rotatable bonds is 8. The molecule has 0 amide bonds. The van der Waals surface area contributed by atoms with E-state index in [-0.39, 0.29) is 11.9 Å². The Kier molecular flexibility index (Phi) is 8.29. The van der Waals surface area contributed by atoms with Gasteiger partial charge in [-0.15, -0.1) is 0 Å². The summed E-state index contributed by atoms with van der Waals surface area (Å²) < 4.78 is 12.1. The molecule has 0 saturated carbocycles. The zero-order valence-electron chi connectivity index (χ0n) is 27.5. The molecule has 1 aliphatic heterocycles. The van der Waals surface area contributed by atoms with Gasteiger partial charge in [0, 0.05) is 57.2 Å². The number of nitrogens with zero attached hydrogens (tertiary/aromatic N) is 2. The highest BCUT2D eigenvalue weighted by Crippen LogP contribution is 2.51. The molecular weight excluding hydrogens is 617 g/mol. The molecule has 0 radical (unpaired) electrons. The molecule has 0 bridgehead atoms. The number of anilines is 6. The number of ether oxygens (including phenoxy) is 2. The van der Waals surface area contributed by atoms with Crippen molar-refractivity contribution in [2.24, 2.45) is 0 Å². The van der Waals surface area contributed by atoms with Crippen LogP contribution in [0.1, 0.15) is 33.0 Å². The summed E-state index contributed by atoms with van der Waals surface area (Å²) in [6.07, 6.45) is 0. The Hall–Kier alpha value is -6.59. The second-order valence-electron chi connectivity index (χ2n) is 12.1. The lowest BCUT2D eigenvalue weighted by Gasteiger charge is -2.33. The fourth-order valence-electron chi connectivity index (χ4n) is 6.85. The molecule has 50 heavy (non-hydrogen) atoms. The fourth-order valence-corrected chi connectivity index (χ4v) is 6.85. The first kappa shape index (κ1) is 30.7. The number of fused-ring (bicyclic) bond motifs is 2. The first-order chi connectivity index (χ1) is 24.7. The maximum absolute atomic E-state index is 13.2. The molecule has 0 N–H and O–H groups in total. The summed E-state index contributed by atoms with van der Waals surface area (Å²) in [5.41, 5.74) is 9.37. The Balaban J connectivity index is 1.31. The van der Waals surface area contributed by atoms with Gasteiger partial charge in [-0.1, -0.05) is 97.1 Å². The maximum atomic E-state index is 13.2. The van der Waals surface area contributed by atoms with Gasteiger partial charge in [0.2, 0.25) is 0 Å². The van der Waals surface area contributed by atoms with E-state index in [2.05, 4.69) is 88.7 Å². The quantitative estimate of drug-likeness (QED) is 0.153. The minimum absolute atomic E-state index is 0.312. The Morgan fingerprint density at radius 1 is 0.460 bits per heavy atom. The van der Waals surface area contributed by atoms with Crippen LogP contribution < -0.4 is 14.5 Å². The van der Waals surface area contributed by atoms with Crippen LogP contribution in [-0.2, 0) is 4.74 Å². The van der Waals surface area contributed by atoms with Gasteiger partial charge >= 0.3 is 5.97 Å². The Morgan fingerprint density at radius 3 is 1.44 bits per heavy atom. The van der Waals surface area contributed by atoms with Gasteiger partial charge in [0.25, 0.3) is 0 Å². The molecule has 5 nitrogen and oxygen atoms in total. The third-order valence-corrected chi connectivity index (χ3v) is 9.08. The van der Waals surface area contributed by atoms with Gasteiger partial charge in [0.1, 0.15) is 11.5 Å². The van der Waals surface area contributed by atoms with Crippen molar-refractivity contribution in [3.8, 4) is 11.5 Å². The molecular formula is C45H34N2O3. The number of methoxy groups -OCH3 is 1. The predicted molar refractivity (Wildman–Crippen MR) is 201 cm³/mol. The number of carbonyl (C=O) groups is 1. The summed E-state index contributed by atoms with van der Waals surface area (Å²) in [6, 6.07) is 61.7. The van der Waals surface area contributed by atoms with Crippen LogP contribution in [0.3, 0.4) is 0 Å². The zero-order chi connectivity index (χ0) is 33.9. The molecule has 1 aliphatic rings. The summed E-state index contributed by atoms with van der Waals surface area (Å²) in [4.78, 5) is 17.7. The normalized spacial score (nSPS) is 12.9. The molecule has 1 unspecified atom stereocenters. The van der Waals surface area contributed by atoms with Crippen LogP contribution in [0.25, 0.3) is 0 Å². The van der Waals surface area contributed by atoms with E-state index in [4.69, 9.17) is 9.47 Å². The van der Waals surface area contributed by atoms with Gasteiger partial charge in [0.05, 0.1) is 12.7 Å². The van der Waals surface area contributed by atoms with Crippen LogP contribution in [0.15, 0.2) is 182 Å². The van der Waals surface area contributed by atoms with Crippen LogP contribution in [0.2, 0.25) is 0 Å². The summed E-state index contributed by atoms with van der Waals surface area (Å²) in [5, 5.41) is 0. The van der Waals surface area contributed by atoms with Crippen LogP contribution in [0.5, 0.6) is 11.5 Å². The molecule has 7 aromatic carbocycles. The Labute approximate surface area is 292 Å². The average Bonchev–Trinajstić information content (AvgIpc) is 3.18. The average molecular weight is 651 g/mol. The molecule has 7 aromatic rings. The van der Waals surface area contributed by atoms with Gasteiger partial charge < -0.3 is 19.3 Å². The van der Waals surface area contributed by atoms with Gasteiger partial charge in [-0.25, -0.2) is 4.79 Å². The van der Waals surface area contributed by atoms with Gasteiger partial charge in [-0.3, -0.25) is 0 Å². The van der Waals surface area contributed by atoms with E-state index < -0.39 is 0 Å². The third-order valence-electron chi connectivity index (χ3n) is 9.08. The predicted octanol–water partition coefficient (Wildman–Crippen LogP) is 11.7. The van der Waals surface area contributed by atoms with E-state index in [0.717, 1.165) is 62.3 Å².